The number of carbonyl (C=O) groups is 3. The Bertz CT molecular complexity index is 1040. The molecule has 0 spiro atoms. The highest BCUT2D eigenvalue weighted by atomic mass is 16.5. The number of nitrogens with one attached hydrogen (secondary N) is 2. The van der Waals surface area contributed by atoms with Gasteiger partial charge < -0.3 is 20.5 Å². The van der Waals surface area contributed by atoms with Crippen molar-refractivity contribution < 1.29 is 24.2 Å². The number of rotatable bonds is 7. The number of ether oxygens (including phenoxy) is 1. The van der Waals surface area contributed by atoms with Crippen LogP contribution in [-0.4, -0.2) is 41.8 Å². The molecular weight excluding hydrogens is 432 g/mol. The maximum Gasteiger partial charge on any atom is 0.407 e. The molecule has 3 unspecified atom stereocenters. The van der Waals surface area contributed by atoms with Crippen LogP contribution < -0.4 is 10.6 Å². The minimum absolute atomic E-state index is 0.0314. The average molecular weight is 465 g/mol. The lowest BCUT2D eigenvalue weighted by atomic mass is 9.71. The van der Waals surface area contributed by atoms with Crippen molar-refractivity contribution >= 4 is 18.0 Å². The molecule has 0 heterocycles. The van der Waals surface area contributed by atoms with Crippen LogP contribution in [0.4, 0.5) is 4.79 Å². The molecule has 0 aliphatic heterocycles. The van der Waals surface area contributed by atoms with E-state index in [9.17, 15) is 14.4 Å². The van der Waals surface area contributed by atoms with Crippen LogP contribution in [0, 0.1) is 5.41 Å². The molecule has 0 saturated heterocycles. The number of amides is 2. The molecule has 3 atom stereocenters. The molecule has 34 heavy (non-hydrogen) atoms. The average Bonchev–Trinajstić information content (AvgIpc) is 3.12. The molecule has 180 valence electrons. The monoisotopic (exact) mass is 464 g/mol. The molecule has 2 aromatic rings. The van der Waals surface area contributed by atoms with Gasteiger partial charge in [-0.05, 0) is 48.9 Å². The van der Waals surface area contributed by atoms with Crippen molar-refractivity contribution in [3.8, 4) is 11.1 Å². The van der Waals surface area contributed by atoms with E-state index < -0.39 is 23.5 Å². The molecule has 2 amide bonds. The van der Waals surface area contributed by atoms with Gasteiger partial charge in [0.2, 0.25) is 5.91 Å². The first kappa shape index (κ1) is 23.8. The van der Waals surface area contributed by atoms with Crippen molar-refractivity contribution in [2.75, 3.05) is 6.61 Å². The zero-order valence-electron chi connectivity index (χ0n) is 19.7. The molecule has 0 radical (unpaired) electrons. The largest absolute Gasteiger partial charge is 0.481 e. The minimum Gasteiger partial charge on any atom is -0.481 e. The van der Waals surface area contributed by atoms with Crippen LogP contribution in [0.3, 0.4) is 0 Å². The molecule has 2 aliphatic carbocycles. The smallest absolute Gasteiger partial charge is 0.407 e. The maximum absolute atomic E-state index is 13.0. The van der Waals surface area contributed by atoms with E-state index in [1.807, 2.05) is 31.2 Å². The Morgan fingerprint density at radius 2 is 1.68 bits per heavy atom. The second-order valence-electron chi connectivity index (χ2n) is 9.66. The molecule has 3 N–H and O–H groups in total. The van der Waals surface area contributed by atoms with Crippen LogP contribution in [0.25, 0.3) is 11.1 Å². The van der Waals surface area contributed by atoms with Gasteiger partial charge in [0, 0.05) is 18.0 Å². The number of carboxylic acid groups (broad SMARTS) is 1. The highest BCUT2D eigenvalue weighted by Gasteiger charge is 2.44. The molecule has 2 aromatic carbocycles. The lowest BCUT2D eigenvalue weighted by Gasteiger charge is -2.40. The third kappa shape index (κ3) is 4.79. The Morgan fingerprint density at radius 3 is 2.29 bits per heavy atom. The van der Waals surface area contributed by atoms with Crippen LogP contribution in [0.15, 0.2) is 48.5 Å². The normalized spacial score (nSPS) is 22.2. The molecule has 7 nitrogen and oxygen atoms in total. The predicted molar refractivity (Wildman–Crippen MR) is 128 cm³/mol. The van der Waals surface area contributed by atoms with Crippen LogP contribution in [0.5, 0.6) is 0 Å². The van der Waals surface area contributed by atoms with Crippen molar-refractivity contribution in [3.63, 3.8) is 0 Å². The Hall–Kier alpha value is -3.35. The summed E-state index contributed by atoms with van der Waals surface area (Å²) in [4.78, 5) is 36.8. The summed E-state index contributed by atoms with van der Waals surface area (Å²) in [6, 6.07) is 15.5. The van der Waals surface area contributed by atoms with E-state index in [4.69, 9.17) is 9.84 Å². The zero-order chi connectivity index (χ0) is 24.3. The summed E-state index contributed by atoms with van der Waals surface area (Å²) in [5.74, 6) is -1.23. The van der Waals surface area contributed by atoms with E-state index in [2.05, 4.69) is 34.9 Å². The van der Waals surface area contributed by atoms with Crippen LogP contribution >= 0.6 is 0 Å². The number of benzene rings is 2. The van der Waals surface area contributed by atoms with Gasteiger partial charge in [-0.1, -0.05) is 61.4 Å². The number of fused-ring (bicyclic) bond motifs is 3. The number of carboxylic acids is 1. The van der Waals surface area contributed by atoms with Gasteiger partial charge >= 0.3 is 12.1 Å². The summed E-state index contributed by atoms with van der Waals surface area (Å²) >= 11 is 0. The summed E-state index contributed by atoms with van der Waals surface area (Å²) in [5, 5.41) is 14.7. The Kier molecular flexibility index (Phi) is 6.91. The predicted octanol–water partition coefficient (Wildman–Crippen LogP) is 4.45. The molecule has 1 saturated carbocycles. The highest BCUT2D eigenvalue weighted by Crippen LogP contribution is 2.44. The second kappa shape index (κ2) is 9.87. The first-order valence-electron chi connectivity index (χ1n) is 11.9. The number of alkyl carbamates (subject to hydrolysis) is 1. The minimum atomic E-state index is -0.963. The summed E-state index contributed by atoms with van der Waals surface area (Å²) in [6.07, 6.45) is 2.38. The summed E-state index contributed by atoms with van der Waals surface area (Å²) in [7, 11) is 0. The fraction of sp³-hybridized carbons (Fsp3) is 0.444. The van der Waals surface area contributed by atoms with Gasteiger partial charge in [-0.25, -0.2) is 4.79 Å². The molecule has 0 bridgehead atoms. The Labute approximate surface area is 199 Å². The Morgan fingerprint density at radius 1 is 1.06 bits per heavy atom. The van der Waals surface area contributed by atoms with Crippen LogP contribution in [0.1, 0.15) is 63.0 Å². The van der Waals surface area contributed by atoms with Crippen molar-refractivity contribution in [2.24, 2.45) is 5.41 Å². The van der Waals surface area contributed by atoms with Gasteiger partial charge in [0.05, 0.1) is 11.8 Å². The lowest BCUT2D eigenvalue weighted by Crippen LogP contribution is -2.57. The van der Waals surface area contributed by atoms with Crippen molar-refractivity contribution in [3.05, 3.63) is 59.7 Å². The van der Waals surface area contributed by atoms with E-state index in [-0.39, 0.29) is 30.9 Å². The quantitative estimate of drug-likeness (QED) is 0.561. The number of hydrogen-bond acceptors (Lipinski definition) is 4. The number of hydrogen-bond donors (Lipinski definition) is 3. The van der Waals surface area contributed by atoms with Gasteiger partial charge in [0.1, 0.15) is 6.61 Å². The third-order valence-electron chi connectivity index (χ3n) is 7.22. The summed E-state index contributed by atoms with van der Waals surface area (Å²) in [6.45, 7) is 3.72. The summed E-state index contributed by atoms with van der Waals surface area (Å²) < 4.78 is 5.69. The van der Waals surface area contributed by atoms with E-state index in [0.717, 1.165) is 24.0 Å². The second-order valence-corrected chi connectivity index (χ2v) is 9.66. The molecule has 4 rings (SSSR count). The SMILES string of the molecule is CC(CC(=O)O)NC(=O)C1(C)CCCCC1NC(=O)OCC1c2ccccc2-c2ccccc21. The van der Waals surface area contributed by atoms with Crippen molar-refractivity contribution in [1.29, 1.82) is 0 Å². The first-order valence-corrected chi connectivity index (χ1v) is 11.9. The number of aliphatic carboxylic acids is 1. The maximum atomic E-state index is 13.0. The Balaban J connectivity index is 1.41. The van der Waals surface area contributed by atoms with Gasteiger partial charge in [0.25, 0.3) is 0 Å². The van der Waals surface area contributed by atoms with E-state index >= 15 is 0 Å². The zero-order valence-corrected chi connectivity index (χ0v) is 19.7. The van der Waals surface area contributed by atoms with Gasteiger partial charge in [0.15, 0.2) is 0 Å². The third-order valence-corrected chi connectivity index (χ3v) is 7.22. The fourth-order valence-electron chi connectivity index (χ4n) is 5.32. The van der Waals surface area contributed by atoms with Gasteiger partial charge in [-0.2, -0.15) is 0 Å². The summed E-state index contributed by atoms with van der Waals surface area (Å²) in [5.41, 5.74) is 3.80. The fourth-order valence-corrected chi connectivity index (χ4v) is 5.32. The van der Waals surface area contributed by atoms with Crippen molar-refractivity contribution in [1.82, 2.24) is 10.6 Å². The molecule has 7 heteroatoms. The van der Waals surface area contributed by atoms with Gasteiger partial charge in [-0.15, -0.1) is 0 Å². The van der Waals surface area contributed by atoms with E-state index in [1.165, 1.54) is 11.1 Å². The number of carbonyl (C=O) groups excluding carboxylic acids is 2. The molecule has 2 aliphatic rings. The van der Waals surface area contributed by atoms with E-state index in [0.29, 0.717) is 12.8 Å². The highest BCUT2D eigenvalue weighted by molar-refractivity contribution is 5.85. The lowest BCUT2D eigenvalue weighted by molar-refractivity contribution is -0.138. The van der Waals surface area contributed by atoms with Crippen LogP contribution in [0.2, 0.25) is 0 Å². The first-order chi connectivity index (χ1) is 16.3. The standard InChI is InChI=1S/C27H32N2O5/c1-17(15-24(30)31)28-25(32)27(2)14-8-7-13-23(27)29-26(33)34-16-22-20-11-5-3-9-18(20)19-10-4-6-12-21(19)22/h3-6,9-12,17,22-23H,7-8,13-16H2,1-2H3,(H,28,32)(H,29,33)(H,30,31). The van der Waals surface area contributed by atoms with Crippen molar-refractivity contribution in [2.45, 2.75) is 64.0 Å². The molecular formula is C27H32N2O5. The topological polar surface area (TPSA) is 105 Å². The molecule has 0 aromatic heterocycles. The molecule has 1 fully saturated rings. The van der Waals surface area contributed by atoms with Crippen LogP contribution in [-0.2, 0) is 14.3 Å². The van der Waals surface area contributed by atoms with E-state index in [1.54, 1.807) is 6.92 Å². The van der Waals surface area contributed by atoms with Gasteiger partial charge in [-0.3, -0.25) is 9.59 Å².